The first-order valence-electron chi connectivity index (χ1n) is 8.67. The van der Waals surface area contributed by atoms with Crippen LogP contribution in [0.25, 0.3) is 11.0 Å². The number of anilines is 1. The topological polar surface area (TPSA) is 102 Å². The van der Waals surface area contributed by atoms with Gasteiger partial charge in [-0.2, -0.15) is 16.4 Å². The second-order valence-electron chi connectivity index (χ2n) is 6.29. The average Bonchev–Trinajstić information content (AvgIpc) is 3.37. The number of hydrogen-bond acceptors (Lipinski definition) is 6. The van der Waals surface area contributed by atoms with Gasteiger partial charge in [0.25, 0.3) is 11.8 Å². The van der Waals surface area contributed by atoms with Gasteiger partial charge in [0, 0.05) is 19.0 Å². The van der Waals surface area contributed by atoms with E-state index in [1.165, 1.54) is 40.5 Å². The molecule has 11 heteroatoms. The van der Waals surface area contributed by atoms with Crippen molar-refractivity contribution in [3.05, 3.63) is 69.0 Å². The van der Waals surface area contributed by atoms with Gasteiger partial charge in [0.15, 0.2) is 11.5 Å². The quantitative estimate of drug-likeness (QED) is 0.491. The number of nitrogens with one attached hydrogen (secondary N) is 2. The number of amides is 2. The van der Waals surface area contributed by atoms with Gasteiger partial charge in [-0.1, -0.05) is 17.7 Å². The van der Waals surface area contributed by atoms with Gasteiger partial charge in [0.05, 0.1) is 10.6 Å². The molecule has 0 bridgehead atoms. The van der Waals surface area contributed by atoms with Gasteiger partial charge in [-0.05, 0) is 29.1 Å². The van der Waals surface area contributed by atoms with Crippen molar-refractivity contribution in [1.82, 2.24) is 25.1 Å². The van der Waals surface area contributed by atoms with Crippen LogP contribution in [-0.2, 0) is 13.6 Å². The lowest BCUT2D eigenvalue weighted by atomic mass is 10.2. The van der Waals surface area contributed by atoms with Crippen LogP contribution in [-0.4, -0.2) is 31.6 Å². The van der Waals surface area contributed by atoms with Crippen LogP contribution in [0.15, 0.2) is 41.4 Å². The predicted molar refractivity (Wildman–Crippen MR) is 111 cm³/mol. The molecule has 3 heterocycles. The SMILES string of the molecule is Cn1nc2c(C(=O)NCc3ccc(F)c(Cl)c3)ncnc2c1NC(=O)c1ccsc1. The van der Waals surface area contributed by atoms with Crippen LogP contribution in [0.5, 0.6) is 0 Å². The van der Waals surface area contributed by atoms with E-state index in [0.29, 0.717) is 22.5 Å². The van der Waals surface area contributed by atoms with Gasteiger partial charge in [0.1, 0.15) is 23.2 Å². The number of carbonyl (C=O) groups is 2. The minimum Gasteiger partial charge on any atom is -0.347 e. The Kier molecular flexibility index (Phi) is 5.42. The van der Waals surface area contributed by atoms with E-state index in [9.17, 15) is 14.0 Å². The molecule has 30 heavy (non-hydrogen) atoms. The highest BCUT2D eigenvalue weighted by Crippen LogP contribution is 2.23. The predicted octanol–water partition coefficient (Wildman–Crippen LogP) is 3.40. The summed E-state index contributed by atoms with van der Waals surface area (Å²) in [6, 6.07) is 5.89. The summed E-state index contributed by atoms with van der Waals surface area (Å²) in [4.78, 5) is 33.3. The molecule has 4 aromatic rings. The van der Waals surface area contributed by atoms with E-state index in [4.69, 9.17) is 11.6 Å². The first-order chi connectivity index (χ1) is 14.4. The Bertz CT molecular complexity index is 1260. The van der Waals surface area contributed by atoms with Crippen LogP contribution < -0.4 is 10.6 Å². The van der Waals surface area contributed by atoms with Gasteiger partial charge < -0.3 is 10.6 Å². The second-order valence-corrected chi connectivity index (χ2v) is 7.48. The summed E-state index contributed by atoms with van der Waals surface area (Å²) in [7, 11) is 1.63. The zero-order valence-corrected chi connectivity index (χ0v) is 17.1. The van der Waals surface area contributed by atoms with Crippen molar-refractivity contribution >= 4 is 51.6 Å². The van der Waals surface area contributed by atoms with E-state index >= 15 is 0 Å². The number of fused-ring (bicyclic) bond motifs is 1. The number of benzene rings is 1. The van der Waals surface area contributed by atoms with Gasteiger partial charge >= 0.3 is 0 Å². The highest BCUT2D eigenvalue weighted by atomic mass is 35.5. The van der Waals surface area contributed by atoms with Crippen molar-refractivity contribution in [2.75, 3.05) is 5.32 Å². The van der Waals surface area contributed by atoms with Crippen molar-refractivity contribution in [2.24, 2.45) is 7.05 Å². The average molecular weight is 445 g/mol. The van der Waals surface area contributed by atoms with Crippen molar-refractivity contribution in [2.45, 2.75) is 6.54 Å². The van der Waals surface area contributed by atoms with E-state index < -0.39 is 11.7 Å². The smallest absolute Gasteiger partial charge is 0.272 e. The number of carbonyl (C=O) groups excluding carboxylic acids is 2. The monoisotopic (exact) mass is 444 g/mol. The summed E-state index contributed by atoms with van der Waals surface area (Å²) < 4.78 is 14.7. The third-order valence-corrected chi connectivity index (χ3v) is 5.26. The molecule has 8 nitrogen and oxygen atoms in total. The van der Waals surface area contributed by atoms with Gasteiger partial charge in [-0.25, -0.2) is 19.0 Å². The Labute approximate surface area is 178 Å². The summed E-state index contributed by atoms with van der Waals surface area (Å²) in [6.45, 7) is 0.124. The Hall–Kier alpha value is -3.37. The number of hydrogen-bond donors (Lipinski definition) is 2. The maximum Gasteiger partial charge on any atom is 0.272 e. The highest BCUT2D eigenvalue weighted by molar-refractivity contribution is 7.08. The summed E-state index contributed by atoms with van der Waals surface area (Å²) in [5.41, 5.74) is 1.78. The fourth-order valence-electron chi connectivity index (χ4n) is 2.80. The van der Waals surface area contributed by atoms with E-state index in [1.54, 1.807) is 23.9 Å². The zero-order chi connectivity index (χ0) is 21.3. The van der Waals surface area contributed by atoms with Crippen molar-refractivity contribution in [3.8, 4) is 0 Å². The van der Waals surface area contributed by atoms with Crippen LogP contribution in [0.3, 0.4) is 0 Å². The Morgan fingerprint density at radius 1 is 1.20 bits per heavy atom. The van der Waals surface area contributed by atoms with E-state index in [-0.39, 0.29) is 28.7 Å². The first-order valence-corrected chi connectivity index (χ1v) is 9.99. The van der Waals surface area contributed by atoms with Crippen LogP contribution in [0.4, 0.5) is 10.2 Å². The van der Waals surface area contributed by atoms with Crippen LogP contribution in [0.1, 0.15) is 26.4 Å². The Balaban J connectivity index is 1.58. The molecule has 152 valence electrons. The van der Waals surface area contributed by atoms with Gasteiger partial charge in [-0.3, -0.25) is 9.59 Å². The Morgan fingerprint density at radius 3 is 2.77 bits per heavy atom. The molecular formula is C19H14ClFN6O2S. The molecule has 0 spiro atoms. The summed E-state index contributed by atoms with van der Waals surface area (Å²) in [6.07, 6.45) is 1.23. The van der Waals surface area contributed by atoms with Crippen molar-refractivity contribution in [3.63, 3.8) is 0 Å². The van der Waals surface area contributed by atoms with Crippen LogP contribution >= 0.6 is 22.9 Å². The lowest BCUT2D eigenvalue weighted by Crippen LogP contribution is -2.24. The van der Waals surface area contributed by atoms with Gasteiger partial charge in [0.2, 0.25) is 0 Å². The zero-order valence-electron chi connectivity index (χ0n) is 15.5. The summed E-state index contributed by atoms with van der Waals surface area (Å²) >= 11 is 7.18. The standard InChI is InChI=1S/C19H14ClFN6O2S/c1-27-17(25-18(28)11-4-5-30-8-11)15-14(26-27)16(24-9-23-15)19(29)22-7-10-2-3-13(21)12(20)6-10/h2-6,8-9H,7H2,1H3,(H,22,29)(H,25,28). The number of aryl methyl sites for hydroxylation is 1. The number of thiophene rings is 1. The molecule has 0 unspecified atom stereocenters. The van der Waals surface area contributed by atoms with E-state index in [2.05, 4.69) is 25.7 Å². The number of nitrogens with zero attached hydrogens (tertiary/aromatic N) is 4. The molecule has 1 aromatic carbocycles. The molecule has 0 aliphatic carbocycles. The van der Waals surface area contributed by atoms with E-state index in [1.807, 2.05) is 0 Å². The van der Waals surface area contributed by atoms with Crippen molar-refractivity contribution < 1.29 is 14.0 Å². The van der Waals surface area contributed by atoms with Crippen LogP contribution in [0, 0.1) is 5.82 Å². The normalized spacial score (nSPS) is 10.9. The first kappa shape index (κ1) is 19.9. The molecule has 2 amide bonds. The highest BCUT2D eigenvalue weighted by Gasteiger charge is 2.21. The molecule has 0 aliphatic heterocycles. The van der Waals surface area contributed by atoms with Crippen molar-refractivity contribution in [1.29, 1.82) is 0 Å². The molecular weight excluding hydrogens is 431 g/mol. The minimum absolute atomic E-state index is 0.0260. The number of halogens is 2. The Morgan fingerprint density at radius 2 is 2.03 bits per heavy atom. The maximum absolute atomic E-state index is 13.3. The molecule has 0 aliphatic rings. The maximum atomic E-state index is 13.3. The summed E-state index contributed by atoms with van der Waals surface area (Å²) in [5.74, 6) is -0.978. The molecule has 0 fully saturated rings. The lowest BCUT2D eigenvalue weighted by molar-refractivity contribution is 0.0946. The largest absolute Gasteiger partial charge is 0.347 e. The molecule has 0 saturated carbocycles. The number of rotatable bonds is 5. The molecule has 0 radical (unpaired) electrons. The third kappa shape index (κ3) is 3.87. The molecule has 0 saturated heterocycles. The summed E-state index contributed by atoms with van der Waals surface area (Å²) in [5, 5.41) is 13.3. The fourth-order valence-corrected chi connectivity index (χ4v) is 3.63. The van der Waals surface area contributed by atoms with Crippen LogP contribution in [0.2, 0.25) is 5.02 Å². The molecule has 4 rings (SSSR count). The van der Waals surface area contributed by atoms with Gasteiger partial charge in [-0.15, -0.1) is 0 Å². The number of aromatic nitrogens is 4. The minimum atomic E-state index is -0.533. The lowest BCUT2D eigenvalue weighted by Gasteiger charge is -2.06. The fraction of sp³-hybridized carbons (Fsp3) is 0.105. The molecule has 2 N–H and O–H groups in total. The molecule has 0 atom stereocenters. The second kappa shape index (κ2) is 8.17. The van der Waals surface area contributed by atoms with E-state index in [0.717, 1.165) is 0 Å². The third-order valence-electron chi connectivity index (χ3n) is 4.29. The molecule has 3 aromatic heterocycles.